The molecule has 26 heavy (non-hydrogen) atoms. The van der Waals surface area contributed by atoms with Crippen molar-refractivity contribution in [3.63, 3.8) is 0 Å². The van der Waals surface area contributed by atoms with Crippen molar-refractivity contribution in [3.8, 4) is 11.4 Å². The third kappa shape index (κ3) is 5.00. The van der Waals surface area contributed by atoms with Gasteiger partial charge in [-0.15, -0.1) is 11.8 Å². The van der Waals surface area contributed by atoms with Crippen LogP contribution < -0.4 is 5.32 Å². The lowest BCUT2D eigenvalue weighted by molar-refractivity contribution is -0.118. The lowest BCUT2D eigenvalue weighted by atomic mass is 10.2. The van der Waals surface area contributed by atoms with E-state index in [4.69, 9.17) is 27.7 Å². The largest absolute Gasteiger partial charge is 0.346 e. The van der Waals surface area contributed by atoms with Gasteiger partial charge in [-0.05, 0) is 23.8 Å². The lowest BCUT2D eigenvalue weighted by Crippen LogP contribution is -2.24. The van der Waals surface area contributed by atoms with Crippen molar-refractivity contribution in [2.45, 2.75) is 12.3 Å². The molecule has 5 nitrogen and oxygen atoms in total. The highest BCUT2D eigenvalue weighted by atomic mass is 35.5. The molecule has 1 N–H and O–H groups in total. The van der Waals surface area contributed by atoms with Crippen LogP contribution in [-0.2, 0) is 17.1 Å². The number of halogens is 2. The molecule has 3 rings (SSSR count). The number of nitrogens with one attached hydrogen (secondary N) is 1. The fourth-order valence-electron chi connectivity index (χ4n) is 2.17. The number of carbonyl (C=O) groups is 1. The van der Waals surface area contributed by atoms with E-state index in [1.54, 1.807) is 12.1 Å². The number of amides is 1. The van der Waals surface area contributed by atoms with Crippen molar-refractivity contribution in [1.82, 2.24) is 15.5 Å². The van der Waals surface area contributed by atoms with Gasteiger partial charge < -0.3 is 9.84 Å². The Labute approximate surface area is 165 Å². The van der Waals surface area contributed by atoms with Crippen molar-refractivity contribution >= 4 is 40.9 Å². The molecule has 1 aromatic heterocycles. The Morgan fingerprint density at radius 3 is 2.58 bits per heavy atom. The first kappa shape index (κ1) is 18.8. The molecule has 0 spiro atoms. The highest BCUT2D eigenvalue weighted by Gasteiger charge is 2.12. The summed E-state index contributed by atoms with van der Waals surface area (Å²) in [5.74, 6) is 1.60. The van der Waals surface area contributed by atoms with Crippen LogP contribution >= 0.6 is 35.0 Å². The van der Waals surface area contributed by atoms with Crippen molar-refractivity contribution in [2.75, 3.05) is 5.75 Å². The predicted molar refractivity (Wildman–Crippen MR) is 104 cm³/mol. The van der Waals surface area contributed by atoms with E-state index in [-0.39, 0.29) is 12.5 Å². The summed E-state index contributed by atoms with van der Waals surface area (Å²) in [7, 11) is 0. The summed E-state index contributed by atoms with van der Waals surface area (Å²) in [5, 5.41) is 7.90. The van der Waals surface area contributed by atoms with Crippen molar-refractivity contribution < 1.29 is 9.32 Å². The van der Waals surface area contributed by atoms with Crippen LogP contribution in [0.25, 0.3) is 11.4 Å². The molecule has 8 heteroatoms. The Bertz CT molecular complexity index is 901. The normalized spacial score (nSPS) is 10.7. The quantitative estimate of drug-likeness (QED) is 0.619. The number of hydrogen-bond acceptors (Lipinski definition) is 5. The zero-order chi connectivity index (χ0) is 18.4. The monoisotopic (exact) mass is 407 g/mol. The average Bonchev–Trinajstić information content (AvgIpc) is 3.11. The van der Waals surface area contributed by atoms with Crippen molar-refractivity contribution in [1.29, 1.82) is 0 Å². The fraction of sp³-hybridized carbons (Fsp3) is 0.167. The second-order valence-electron chi connectivity index (χ2n) is 5.35. The Morgan fingerprint density at radius 1 is 1.08 bits per heavy atom. The first-order valence-electron chi connectivity index (χ1n) is 7.79. The molecular formula is C18H15Cl2N3O2S. The van der Waals surface area contributed by atoms with Gasteiger partial charge in [0.2, 0.25) is 17.6 Å². The Kier molecular flexibility index (Phi) is 6.55. The van der Waals surface area contributed by atoms with E-state index in [0.29, 0.717) is 38.8 Å². The highest BCUT2D eigenvalue weighted by molar-refractivity contribution is 7.99. The van der Waals surface area contributed by atoms with Gasteiger partial charge in [-0.3, -0.25) is 4.79 Å². The summed E-state index contributed by atoms with van der Waals surface area (Å²) in [6.45, 7) is 0.170. The topological polar surface area (TPSA) is 68.0 Å². The number of benzene rings is 2. The molecule has 3 aromatic rings. The van der Waals surface area contributed by atoms with Crippen LogP contribution in [0.3, 0.4) is 0 Å². The molecule has 2 aromatic carbocycles. The summed E-state index contributed by atoms with van der Waals surface area (Å²) >= 11 is 13.7. The number of nitrogens with zero attached hydrogens (tertiary/aromatic N) is 2. The zero-order valence-electron chi connectivity index (χ0n) is 13.6. The third-order valence-corrected chi connectivity index (χ3v) is 5.15. The van der Waals surface area contributed by atoms with Gasteiger partial charge in [-0.1, -0.05) is 58.7 Å². The SMILES string of the molecule is O=C(CSCc1ccccc1Cl)NCc1nc(-c2ccccc2Cl)no1. The average molecular weight is 408 g/mol. The van der Waals surface area contributed by atoms with E-state index in [0.717, 1.165) is 5.56 Å². The van der Waals surface area contributed by atoms with E-state index in [1.807, 2.05) is 36.4 Å². The van der Waals surface area contributed by atoms with Gasteiger partial charge >= 0.3 is 0 Å². The minimum atomic E-state index is -0.112. The number of thioether (sulfide) groups is 1. The fourth-order valence-corrected chi connectivity index (χ4v) is 3.54. The summed E-state index contributed by atoms with van der Waals surface area (Å²) in [6.07, 6.45) is 0. The molecule has 0 unspecified atom stereocenters. The van der Waals surface area contributed by atoms with Gasteiger partial charge in [-0.25, -0.2) is 0 Å². The number of rotatable bonds is 7. The van der Waals surface area contributed by atoms with Gasteiger partial charge in [0.15, 0.2) is 0 Å². The molecule has 0 atom stereocenters. The van der Waals surface area contributed by atoms with Crippen LogP contribution in [0.1, 0.15) is 11.5 Å². The van der Waals surface area contributed by atoms with E-state index < -0.39 is 0 Å². The summed E-state index contributed by atoms with van der Waals surface area (Å²) in [6, 6.07) is 14.8. The van der Waals surface area contributed by atoms with E-state index in [9.17, 15) is 4.79 Å². The summed E-state index contributed by atoms with van der Waals surface area (Å²) < 4.78 is 5.16. The zero-order valence-corrected chi connectivity index (χ0v) is 15.9. The molecule has 0 aliphatic carbocycles. The smallest absolute Gasteiger partial charge is 0.246 e. The maximum atomic E-state index is 11.9. The van der Waals surface area contributed by atoms with E-state index in [2.05, 4.69) is 15.5 Å². The molecule has 0 aliphatic rings. The lowest BCUT2D eigenvalue weighted by Gasteiger charge is -2.04. The van der Waals surface area contributed by atoms with Crippen LogP contribution in [0.5, 0.6) is 0 Å². The maximum absolute atomic E-state index is 11.9. The van der Waals surface area contributed by atoms with Gasteiger partial charge in [-0.2, -0.15) is 4.98 Å². The van der Waals surface area contributed by atoms with Crippen molar-refractivity contribution in [3.05, 3.63) is 70.0 Å². The second kappa shape index (κ2) is 9.07. The van der Waals surface area contributed by atoms with Gasteiger partial charge in [0, 0.05) is 16.3 Å². The minimum Gasteiger partial charge on any atom is -0.346 e. The van der Waals surface area contributed by atoms with Gasteiger partial charge in [0.05, 0.1) is 17.3 Å². The molecule has 0 saturated heterocycles. The standard InChI is InChI=1S/C18H15Cl2N3O2S/c19-14-7-3-1-5-12(14)10-26-11-16(24)21-9-17-22-18(23-25-17)13-6-2-4-8-15(13)20/h1-8H,9-11H2,(H,21,24). The Morgan fingerprint density at radius 2 is 1.81 bits per heavy atom. The summed E-state index contributed by atoms with van der Waals surface area (Å²) in [4.78, 5) is 16.2. The van der Waals surface area contributed by atoms with Crippen LogP contribution in [-0.4, -0.2) is 21.8 Å². The van der Waals surface area contributed by atoms with Crippen LogP contribution in [0.2, 0.25) is 10.0 Å². The molecule has 1 heterocycles. The number of aromatic nitrogens is 2. The number of hydrogen-bond donors (Lipinski definition) is 1. The molecule has 0 aliphatic heterocycles. The molecule has 134 valence electrons. The molecule has 1 amide bonds. The first-order chi connectivity index (χ1) is 12.6. The Hall–Kier alpha value is -2.02. The predicted octanol–water partition coefficient (Wildman–Crippen LogP) is 4.59. The van der Waals surface area contributed by atoms with E-state index >= 15 is 0 Å². The molecule has 0 radical (unpaired) electrons. The second-order valence-corrected chi connectivity index (χ2v) is 7.15. The molecular weight excluding hydrogens is 393 g/mol. The number of carbonyl (C=O) groups excluding carboxylic acids is 1. The van der Waals surface area contributed by atoms with Gasteiger partial charge in [0.1, 0.15) is 0 Å². The molecule has 0 bridgehead atoms. The van der Waals surface area contributed by atoms with Crippen LogP contribution in [0.15, 0.2) is 53.1 Å². The first-order valence-corrected chi connectivity index (χ1v) is 9.70. The van der Waals surface area contributed by atoms with Crippen LogP contribution in [0, 0.1) is 0 Å². The summed E-state index contributed by atoms with van der Waals surface area (Å²) in [5.41, 5.74) is 1.69. The van der Waals surface area contributed by atoms with Crippen molar-refractivity contribution in [2.24, 2.45) is 0 Å². The van der Waals surface area contributed by atoms with Crippen LogP contribution in [0.4, 0.5) is 0 Å². The molecule has 0 saturated carbocycles. The van der Waals surface area contributed by atoms with Gasteiger partial charge in [0.25, 0.3) is 0 Å². The highest BCUT2D eigenvalue weighted by Crippen LogP contribution is 2.25. The Balaban J connectivity index is 1.46. The minimum absolute atomic E-state index is 0.112. The maximum Gasteiger partial charge on any atom is 0.246 e. The molecule has 0 fully saturated rings. The third-order valence-electron chi connectivity index (χ3n) is 3.47. The van der Waals surface area contributed by atoms with E-state index in [1.165, 1.54) is 11.8 Å².